The van der Waals surface area contributed by atoms with Crippen LogP contribution >= 0.6 is 7.37 Å². The van der Waals surface area contributed by atoms with Crippen molar-refractivity contribution in [3.05, 3.63) is 144 Å². The van der Waals surface area contributed by atoms with Crippen LogP contribution in [0.1, 0.15) is 63.8 Å². The predicted octanol–water partition coefficient (Wildman–Crippen LogP) is 10.3. The fraction of sp³-hybridized carbons (Fsp3) is 0.273. The summed E-state index contributed by atoms with van der Waals surface area (Å²) in [5.41, 5.74) is 5.58. The fourth-order valence-corrected chi connectivity index (χ4v) is 13.4. The Morgan fingerprint density at radius 1 is 0.887 bits per heavy atom. The van der Waals surface area contributed by atoms with Crippen molar-refractivity contribution in [3.8, 4) is 22.4 Å². The molecule has 1 unspecified atom stereocenters. The van der Waals surface area contributed by atoms with Crippen LogP contribution in [-0.4, -0.2) is 43.8 Å². The summed E-state index contributed by atoms with van der Waals surface area (Å²) in [6, 6.07) is 36.5. The molecule has 1 aromatic heterocycles. The van der Waals surface area contributed by atoms with Crippen LogP contribution in [0.5, 0.6) is 0 Å². The van der Waals surface area contributed by atoms with E-state index in [-0.39, 0.29) is 24.3 Å². The fourth-order valence-electron chi connectivity index (χ4n) is 7.05. The van der Waals surface area contributed by atoms with Gasteiger partial charge in [0.25, 0.3) is 8.32 Å². The van der Waals surface area contributed by atoms with Crippen LogP contribution in [0.25, 0.3) is 28.5 Å². The lowest BCUT2D eigenvalue weighted by atomic mass is 9.90. The second-order valence-electron chi connectivity index (χ2n) is 14.7. The molecule has 0 aliphatic heterocycles. The average Bonchev–Trinajstić information content (AvgIpc) is 3.13. The molecule has 0 amide bonds. The quantitative estimate of drug-likeness (QED) is 0.0899. The van der Waals surface area contributed by atoms with E-state index < -0.39 is 32.8 Å². The second kappa shape index (κ2) is 16.7. The van der Waals surface area contributed by atoms with Crippen LogP contribution in [0.4, 0.5) is 4.39 Å². The normalized spacial score (nSPS) is 14.0. The molecule has 0 spiro atoms. The molecule has 0 saturated carbocycles. The van der Waals surface area contributed by atoms with Gasteiger partial charge in [-0.25, -0.2) is 4.39 Å². The Morgan fingerprint density at radius 3 is 1.94 bits per heavy atom. The van der Waals surface area contributed by atoms with E-state index in [0.29, 0.717) is 0 Å². The third-order valence-corrected chi connectivity index (χ3v) is 16.8. The Labute approximate surface area is 314 Å². The first-order valence-corrected chi connectivity index (χ1v) is 21.7. The number of hydrogen-bond acceptors (Lipinski definition) is 5. The highest BCUT2D eigenvalue weighted by molar-refractivity contribution is 7.62. The summed E-state index contributed by atoms with van der Waals surface area (Å²) >= 11 is 0. The van der Waals surface area contributed by atoms with Crippen LogP contribution in [0.3, 0.4) is 0 Å². The highest BCUT2D eigenvalue weighted by Gasteiger charge is 2.52. The number of carbonyl (C=O) groups is 1. The molecule has 0 saturated heterocycles. The molecule has 2 atom stereocenters. The summed E-state index contributed by atoms with van der Waals surface area (Å²) in [6.45, 7) is 12.3. The van der Waals surface area contributed by atoms with Crippen LogP contribution < -0.4 is 10.4 Å². The number of rotatable bonds is 14. The van der Waals surface area contributed by atoms with Gasteiger partial charge in [-0.05, 0) is 69.2 Å². The maximum Gasteiger partial charge on any atom is 0.305 e. The molecule has 0 aliphatic carbocycles. The number of aryl methyl sites for hydroxylation is 1. The number of benzene rings is 4. The topological polar surface area (TPSA) is 85.7 Å². The van der Waals surface area contributed by atoms with Crippen LogP contribution in [0.15, 0.2) is 121 Å². The monoisotopic (exact) mass is 749 g/mol. The van der Waals surface area contributed by atoms with Gasteiger partial charge in [0.2, 0.25) is 7.37 Å². The van der Waals surface area contributed by atoms with Gasteiger partial charge >= 0.3 is 5.97 Å². The smallest absolute Gasteiger partial charge is 0.305 e. The Bertz CT molecular complexity index is 2060. The lowest BCUT2D eigenvalue weighted by Gasteiger charge is -2.45. The third kappa shape index (κ3) is 9.02. The molecular formula is C44H49FNO5PSi. The van der Waals surface area contributed by atoms with Gasteiger partial charge in [0.1, 0.15) is 5.82 Å². The van der Waals surface area contributed by atoms with E-state index in [4.69, 9.17) is 13.9 Å². The number of pyridine rings is 1. The zero-order valence-electron chi connectivity index (χ0n) is 31.5. The van der Waals surface area contributed by atoms with E-state index in [1.807, 2.05) is 118 Å². The van der Waals surface area contributed by atoms with Gasteiger partial charge in [-0.2, -0.15) is 0 Å². The molecule has 0 aliphatic rings. The van der Waals surface area contributed by atoms with E-state index in [2.05, 4.69) is 20.8 Å². The van der Waals surface area contributed by atoms with Gasteiger partial charge in [-0.1, -0.05) is 132 Å². The first kappa shape index (κ1) is 39.7. The molecular weight excluding hydrogens is 701 g/mol. The van der Waals surface area contributed by atoms with Crippen molar-refractivity contribution < 1.29 is 27.8 Å². The summed E-state index contributed by atoms with van der Waals surface area (Å²) in [7, 11) is -5.51. The maximum absolute atomic E-state index is 14.8. The number of carboxylic acid groups (broad SMARTS) is 1. The van der Waals surface area contributed by atoms with Gasteiger partial charge in [0.05, 0.1) is 30.1 Å². The highest BCUT2D eigenvalue weighted by atomic mass is 31.2. The molecule has 1 N–H and O–H groups in total. The standard InChI is InChI=1S/C44H49FNO5PSi/c1-31(2)43-39(40(38-24-23-34(45)27-32(38)3)29-41(46-43)33-17-11-8-12-18-33)25-26-52(49,50-7)30-35(28-42(47)48)51-53(44(4,5)6,36-19-13-9-14-20-36)37-21-15-10-16-22-37/h8-27,29,31,35H,28,30H2,1-7H3,(H,47,48)/t35-,52?/m0/s1. The van der Waals surface area contributed by atoms with Gasteiger partial charge in [0, 0.05) is 24.1 Å². The number of halogens is 1. The number of nitrogens with zero attached hydrogens (tertiary/aromatic N) is 1. The van der Waals surface area contributed by atoms with Crippen molar-refractivity contribution in [2.75, 3.05) is 13.3 Å². The summed E-state index contributed by atoms with van der Waals surface area (Å²) in [5, 5.41) is 11.7. The minimum atomic E-state index is -3.69. The van der Waals surface area contributed by atoms with Crippen LogP contribution in [0, 0.1) is 12.7 Å². The summed E-state index contributed by atoms with van der Waals surface area (Å²) in [5.74, 6) is 0.137. The van der Waals surface area contributed by atoms with Crippen LogP contribution in [-0.2, 0) is 18.3 Å². The first-order valence-electron chi connectivity index (χ1n) is 17.9. The molecule has 1 heterocycles. The SMILES string of the molecule is COP(=O)(C=Cc1c(-c2ccc(F)cc2C)cc(-c2ccccc2)nc1C(C)C)C[C@H](CC(=O)O)O[Si](c1ccccc1)(c1ccccc1)C(C)(C)C. The van der Waals surface area contributed by atoms with Gasteiger partial charge in [-0.15, -0.1) is 0 Å². The minimum Gasteiger partial charge on any atom is -0.481 e. The number of aromatic nitrogens is 1. The Morgan fingerprint density at radius 2 is 1.45 bits per heavy atom. The molecule has 0 bridgehead atoms. The number of carboxylic acids is 1. The van der Waals surface area contributed by atoms with Gasteiger partial charge in [-0.3, -0.25) is 14.3 Å². The van der Waals surface area contributed by atoms with Gasteiger partial charge in [0.15, 0.2) is 0 Å². The van der Waals surface area contributed by atoms with Crippen molar-refractivity contribution in [1.29, 1.82) is 0 Å². The lowest BCUT2D eigenvalue weighted by Crippen LogP contribution is -2.68. The van der Waals surface area contributed by atoms with Crippen molar-refractivity contribution in [2.45, 2.75) is 65.0 Å². The molecule has 6 nitrogen and oxygen atoms in total. The summed E-state index contributed by atoms with van der Waals surface area (Å²) in [6.07, 6.45) is 0.307. The summed E-state index contributed by atoms with van der Waals surface area (Å²) in [4.78, 5) is 17.5. The minimum absolute atomic E-state index is 0.0296. The Balaban J connectivity index is 1.65. The Kier molecular flexibility index (Phi) is 12.5. The third-order valence-electron chi connectivity index (χ3n) is 9.58. The summed E-state index contributed by atoms with van der Waals surface area (Å²) < 4.78 is 42.2. The lowest BCUT2D eigenvalue weighted by molar-refractivity contribution is -0.138. The number of aliphatic carboxylic acids is 1. The largest absolute Gasteiger partial charge is 0.481 e. The molecule has 4 aromatic carbocycles. The van der Waals surface area contributed by atoms with Crippen molar-refractivity contribution in [2.24, 2.45) is 0 Å². The molecule has 53 heavy (non-hydrogen) atoms. The van der Waals surface area contributed by atoms with E-state index in [1.54, 1.807) is 18.0 Å². The zero-order chi connectivity index (χ0) is 38.4. The molecule has 5 aromatic rings. The highest BCUT2D eigenvalue weighted by Crippen LogP contribution is 2.51. The Hall–Kier alpha value is -4.46. The first-order chi connectivity index (χ1) is 25.2. The van der Waals surface area contributed by atoms with E-state index in [1.165, 1.54) is 19.2 Å². The van der Waals surface area contributed by atoms with Crippen molar-refractivity contribution >= 4 is 38.1 Å². The van der Waals surface area contributed by atoms with E-state index >= 15 is 0 Å². The van der Waals surface area contributed by atoms with Crippen molar-refractivity contribution in [3.63, 3.8) is 0 Å². The predicted molar refractivity (Wildman–Crippen MR) is 217 cm³/mol. The van der Waals surface area contributed by atoms with Gasteiger partial charge < -0.3 is 14.1 Å². The average molecular weight is 750 g/mol. The maximum atomic E-state index is 14.8. The molecule has 0 radical (unpaired) electrons. The number of hydrogen-bond donors (Lipinski definition) is 1. The molecule has 0 fully saturated rings. The van der Waals surface area contributed by atoms with E-state index in [0.717, 1.165) is 49.6 Å². The van der Waals surface area contributed by atoms with Crippen LogP contribution in [0.2, 0.25) is 5.04 Å². The van der Waals surface area contributed by atoms with E-state index in [9.17, 15) is 18.9 Å². The molecule has 5 rings (SSSR count). The molecule has 9 heteroatoms. The molecule has 276 valence electrons. The second-order valence-corrected chi connectivity index (χ2v) is 21.5. The van der Waals surface area contributed by atoms with Crippen molar-refractivity contribution in [1.82, 2.24) is 4.98 Å². The zero-order valence-corrected chi connectivity index (χ0v) is 33.4.